The van der Waals surface area contributed by atoms with Crippen LogP contribution in [0, 0.1) is 0 Å². The first-order chi connectivity index (χ1) is 9.89. The quantitative estimate of drug-likeness (QED) is 0.898. The summed E-state index contributed by atoms with van der Waals surface area (Å²) in [7, 11) is 1.80. The van der Waals surface area contributed by atoms with Gasteiger partial charge in [0.25, 0.3) is 0 Å². The van der Waals surface area contributed by atoms with Crippen LogP contribution in [-0.2, 0) is 11.3 Å². The largest absolute Gasteiger partial charge is 0.380 e. The van der Waals surface area contributed by atoms with Crippen molar-refractivity contribution < 1.29 is 4.74 Å². The van der Waals surface area contributed by atoms with Gasteiger partial charge in [0.05, 0.1) is 6.10 Å². The summed E-state index contributed by atoms with van der Waals surface area (Å²) in [6.07, 6.45) is 4.49. The first-order valence-corrected chi connectivity index (χ1v) is 8.35. The summed E-state index contributed by atoms with van der Waals surface area (Å²) in [6.45, 7) is 9.34. The third kappa shape index (κ3) is 4.94. The average molecular weight is 356 g/mol. The standard InChI is InChI=1S/C16H26BrN3O/c1-16(2,3)19-9-12-8-13(17)10-18-15(12)20-7-5-6-14(11-20)21-4/h8,10,14,19H,5-7,9,11H2,1-4H3. The lowest BCUT2D eigenvalue weighted by Crippen LogP contribution is -2.41. The van der Waals surface area contributed by atoms with Gasteiger partial charge in [0.2, 0.25) is 0 Å². The molecular weight excluding hydrogens is 330 g/mol. The van der Waals surface area contributed by atoms with Crippen molar-refractivity contribution in [2.75, 3.05) is 25.1 Å². The monoisotopic (exact) mass is 355 g/mol. The van der Waals surface area contributed by atoms with Gasteiger partial charge in [-0.1, -0.05) is 0 Å². The Balaban J connectivity index is 2.17. The van der Waals surface area contributed by atoms with Gasteiger partial charge in [0.15, 0.2) is 0 Å². The van der Waals surface area contributed by atoms with Crippen molar-refractivity contribution in [3.63, 3.8) is 0 Å². The molecule has 1 aliphatic heterocycles. The number of anilines is 1. The molecule has 0 bridgehead atoms. The molecule has 0 aliphatic carbocycles. The minimum Gasteiger partial charge on any atom is -0.380 e. The van der Waals surface area contributed by atoms with Gasteiger partial charge in [-0.15, -0.1) is 0 Å². The average Bonchev–Trinajstić information content (AvgIpc) is 2.44. The summed E-state index contributed by atoms with van der Waals surface area (Å²) in [5.74, 6) is 1.08. The van der Waals surface area contributed by atoms with Gasteiger partial charge in [0, 0.05) is 48.5 Å². The van der Waals surface area contributed by atoms with Crippen molar-refractivity contribution in [2.45, 2.75) is 51.8 Å². The maximum absolute atomic E-state index is 5.53. The van der Waals surface area contributed by atoms with Crippen molar-refractivity contribution in [1.82, 2.24) is 10.3 Å². The number of methoxy groups -OCH3 is 1. The van der Waals surface area contributed by atoms with Gasteiger partial charge in [0.1, 0.15) is 5.82 Å². The molecule has 1 aromatic heterocycles. The Morgan fingerprint density at radius 1 is 1.48 bits per heavy atom. The van der Waals surface area contributed by atoms with E-state index in [4.69, 9.17) is 4.74 Å². The van der Waals surface area contributed by atoms with Crippen LogP contribution in [0.25, 0.3) is 0 Å². The van der Waals surface area contributed by atoms with Gasteiger partial charge in [-0.05, 0) is 55.6 Å². The van der Waals surface area contributed by atoms with E-state index in [1.807, 2.05) is 6.20 Å². The fraction of sp³-hybridized carbons (Fsp3) is 0.688. The number of halogens is 1. The Labute approximate surface area is 136 Å². The van der Waals surface area contributed by atoms with E-state index in [1.54, 1.807) is 7.11 Å². The van der Waals surface area contributed by atoms with E-state index in [2.05, 4.69) is 58.0 Å². The summed E-state index contributed by atoms with van der Waals surface area (Å²) < 4.78 is 6.55. The second-order valence-corrected chi connectivity index (χ2v) is 7.60. The number of rotatable bonds is 4. The SMILES string of the molecule is COC1CCCN(c2ncc(Br)cc2CNC(C)(C)C)C1. The number of ether oxygens (including phenoxy) is 1. The number of piperidine rings is 1. The van der Waals surface area contributed by atoms with Crippen LogP contribution in [0.1, 0.15) is 39.2 Å². The van der Waals surface area contributed by atoms with E-state index in [0.29, 0.717) is 6.10 Å². The molecule has 21 heavy (non-hydrogen) atoms. The molecule has 118 valence electrons. The first kappa shape index (κ1) is 16.7. The van der Waals surface area contributed by atoms with Crippen LogP contribution in [0.3, 0.4) is 0 Å². The van der Waals surface area contributed by atoms with E-state index in [0.717, 1.165) is 42.8 Å². The molecule has 4 nitrogen and oxygen atoms in total. The number of hydrogen-bond acceptors (Lipinski definition) is 4. The molecule has 0 amide bonds. The van der Waals surface area contributed by atoms with Crippen LogP contribution >= 0.6 is 15.9 Å². The van der Waals surface area contributed by atoms with Gasteiger partial charge < -0.3 is 15.0 Å². The van der Waals surface area contributed by atoms with Crippen molar-refractivity contribution in [3.8, 4) is 0 Å². The number of nitrogens with zero attached hydrogens (tertiary/aromatic N) is 2. The molecule has 1 aliphatic rings. The summed E-state index contributed by atoms with van der Waals surface area (Å²) >= 11 is 3.53. The Kier molecular flexibility index (Phi) is 5.63. The molecule has 1 fully saturated rings. The molecule has 0 spiro atoms. The number of pyridine rings is 1. The normalized spacial score (nSPS) is 19.9. The van der Waals surface area contributed by atoms with Crippen LogP contribution < -0.4 is 10.2 Å². The lowest BCUT2D eigenvalue weighted by atomic mass is 10.1. The van der Waals surface area contributed by atoms with Crippen LogP contribution in [0.4, 0.5) is 5.82 Å². The van der Waals surface area contributed by atoms with Crippen LogP contribution in [0.5, 0.6) is 0 Å². The maximum atomic E-state index is 5.53. The molecule has 0 radical (unpaired) electrons. The summed E-state index contributed by atoms with van der Waals surface area (Å²) in [6, 6.07) is 2.16. The van der Waals surface area contributed by atoms with E-state index in [1.165, 1.54) is 5.56 Å². The predicted molar refractivity (Wildman–Crippen MR) is 90.8 cm³/mol. The lowest BCUT2D eigenvalue weighted by molar-refractivity contribution is 0.0891. The van der Waals surface area contributed by atoms with E-state index < -0.39 is 0 Å². The topological polar surface area (TPSA) is 37.4 Å². The molecule has 1 atom stereocenters. The van der Waals surface area contributed by atoms with Crippen LogP contribution in [-0.4, -0.2) is 36.8 Å². The molecule has 1 aromatic rings. The number of aromatic nitrogens is 1. The third-order valence-electron chi connectivity index (χ3n) is 3.73. The summed E-state index contributed by atoms with van der Waals surface area (Å²) in [5, 5.41) is 3.55. The molecule has 0 saturated carbocycles. The zero-order chi connectivity index (χ0) is 15.5. The fourth-order valence-corrected chi connectivity index (χ4v) is 2.95. The number of hydrogen-bond donors (Lipinski definition) is 1. The van der Waals surface area contributed by atoms with Gasteiger partial charge in [-0.3, -0.25) is 0 Å². The number of nitrogens with one attached hydrogen (secondary N) is 1. The van der Waals surface area contributed by atoms with Gasteiger partial charge >= 0.3 is 0 Å². The zero-order valence-corrected chi connectivity index (χ0v) is 15.0. The van der Waals surface area contributed by atoms with Crippen molar-refractivity contribution in [2.24, 2.45) is 0 Å². The molecule has 2 rings (SSSR count). The fourth-order valence-electron chi connectivity index (χ4n) is 2.57. The van der Waals surface area contributed by atoms with Crippen LogP contribution in [0.2, 0.25) is 0 Å². The third-order valence-corrected chi connectivity index (χ3v) is 4.16. The van der Waals surface area contributed by atoms with E-state index >= 15 is 0 Å². The molecule has 1 saturated heterocycles. The molecule has 0 aromatic carbocycles. The second kappa shape index (κ2) is 7.07. The van der Waals surface area contributed by atoms with Crippen molar-refractivity contribution in [3.05, 3.63) is 22.3 Å². The predicted octanol–water partition coefficient (Wildman–Crippen LogP) is 3.35. The highest BCUT2D eigenvalue weighted by Gasteiger charge is 2.23. The van der Waals surface area contributed by atoms with Gasteiger partial charge in [-0.2, -0.15) is 0 Å². The summed E-state index contributed by atoms with van der Waals surface area (Å²) in [4.78, 5) is 7.01. The minimum absolute atomic E-state index is 0.0938. The second-order valence-electron chi connectivity index (χ2n) is 6.69. The molecule has 1 unspecified atom stereocenters. The Morgan fingerprint density at radius 3 is 2.90 bits per heavy atom. The highest BCUT2D eigenvalue weighted by molar-refractivity contribution is 9.10. The van der Waals surface area contributed by atoms with E-state index in [9.17, 15) is 0 Å². The molecule has 2 heterocycles. The van der Waals surface area contributed by atoms with Gasteiger partial charge in [-0.25, -0.2) is 4.98 Å². The Hall–Kier alpha value is -0.650. The zero-order valence-electron chi connectivity index (χ0n) is 13.4. The van der Waals surface area contributed by atoms with Crippen LogP contribution in [0.15, 0.2) is 16.7 Å². The minimum atomic E-state index is 0.0938. The van der Waals surface area contributed by atoms with Crippen molar-refractivity contribution in [1.29, 1.82) is 0 Å². The molecule has 5 heteroatoms. The Morgan fingerprint density at radius 2 is 2.24 bits per heavy atom. The maximum Gasteiger partial charge on any atom is 0.133 e. The Bertz CT molecular complexity index is 473. The lowest BCUT2D eigenvalue weighted by Gasteiger charge is -2.34. The molecule has 1 N–H and O–H groups in total. The van der Waals surface area contributed by atoms with E-state index in [-0.39, 0.29) is 5.54 Å². The first-order valence-electron chi connectivity index (χ1n) is 7.56. The summed E-state index contributed by atoms with van der Waals surface area (Å²) in [5.41, 5.74) is 1.33. The highest BCUT2D eigenvalue weighted by atomic mass is 79.9. The smallest absolute Gasteiger partial charge is 0.133 e. The molecular formula is C16H26BrN3O. The highest BCUT2D eigenvalue weighted by Crippen LogP contribution is 2.25. The van der Waals surface area contributed by atoms with Crippen molar-refractivity contribution >= 4 is 21.7 Å².